The second-order valence-electron chi connectivity index (χ2n) is 23.4. The maximum absolute atomic E-state index is 13.9. The van der Waals surface area contributed by atoms with Gasteiger partial charge in [0.05, 0.1) is 32.4 Å². The number of ether oxygens (including phenoxy) is 1. The van der Waals surface area contributed by atoms with Crippen LogP contribution in [0.4, 0.5) is 0 Å². The lowest BCUT2D eigenvalue weighted by Crippen LogP contribution is -2.57. The number of fused-ring (bicyclic) bond motifs is 2. The Balaban J connectivity index is 0.877. The summed E-state index contributed by atoms with van der Waals surface area (Å²) in [5.74, 6) is 2.21. The van der Waals surface area contributed by atoms with Crippen LogP contribution in [0.15, 0.2) is 108 Å². The minimum atomic E-state index is -0.438. The number of Topliss-reactive ketones (excluding diaryl/α,β-unsaturated/α-hetero) is 1. The summed E-state index contributed by atoms with van der Waals surface area (Å²) in [6.45, 7) is 5.13. The highest BCUT2D eigenvalue weighted by Crippen LogP contribution is 2.63. The van der Waals surface area contributed by atoms with Crippen LogP contribution in [-0.2, 0) is 35.3 Å². The highest BCUT2D eigenvalue weighted by molar-refractivity contribution is 6.07. The quantitative estimate of drug-likeness (QED) is 0.0259. The van der Waals surface area contributed by atoms with Crippen LogP contribution in [0.5, 0.6) is 11.5 Å². The number of benzene rings is 3. The van der Waals surface area contributed by atoms with Crippen LogP contribution < -0.4 is 31.7 Å². The predicted molar refractivity (Wildman–Crippen MR) is 295 cm³/mol. The van der Waals surface area contributed by atoms with E-state index in [1.807, 2.05) is 25.3 Å². The summed E-state index contributed by atoms with van der Waals surface area (Å²) in [4.78, 5) is 27.9. The van der Waals surface area contributed by atoms with Gasteiger partial charge in [-0.05, 0) is 213 Å². The molecule has 9 unspecified atom stereocenters. The van der Waals surface area contributed by atoms with E-state index in [4.69, 9.17) is 10.5 Å². The summed E-state index contributed by atoms with van der Waals surface area (Å²) in [7, 11) is 1.48. The number of piperidine rings is 1. The standard InChI is InChI=1S/C63H85N5O6/c1-42(70)37-67-59-36-62(41-63(59)23-6-7-24-63,35-56-54-21-26-65-38-50(54)28-47-15-10-25-66-61(47)56)22-9-16-52(71)33-53(72)30-51(40-69)55-34-58(74-2)57(73)31-48(55)29-49-39-68-60(64)32-46(49)20-19-45-14-8-13-44(27-45)18-17-43-11-4-3-5-12-43/h3-5,8,10-15,27,30-32,34,39,42,47,50,54,56,59-61,65-70,73H,6-7,9,16-26,28-29,33,35-38,40-41,64H2,1-2H3. The third-order valence-corrected chi connectivity index (χ3v) is 18.2. The van der Waals surface area contributed by atoms with Crippen molar-refractivity contribution in [2.75, 3.05) is 39.9 Å². The Bertz CT molecular complexity index is 2530. The van der Waals surface area contributed by atoms with Gasteiger partial charge in [-0.3, -0.25) is 9.59 Å². The first-order valence-corrected chi connectivity index (χ1v) is 28.2. The van der Waals surface area contributed by atoms with E-state index in [1.54, 1.807) is 12.1 Å². The lowest BCUT2D eigenvalue weighted by molar-refractivity contribution is -0.124. The van der Waals surface area contributed by atoms with E-state index < -0.39 is 12.7 Å². The smallest absolute Gasteiger partial charge is 0.163 e. The Kier molecular flexibility index (Phi) is 18.1. The SMILES string of the molecule is COc1cc(C(=CC(=O)CC(=O)CCCC2(CC3C4CCNCC4CC4C=CCNC43)CC(NCC(C)O)C3(CCCC3)C2)CO)c(CC2=CNC(N)C=C2CCc2cccc(CCc3ccccc3)c2)cc1O. The van der Waals surface area contributed by atoms with Crippen LogP contribution in [-0.4, -0.2) is 91.1 Å². The molecule has 6 aliphatic rings. The summed E-state index contributed by atoms with van der Waals surface area (Å²) in [6, 6.07) is 23.5. The maximum atomic E-state index is 13.9. The van der Waals surface area contributed by atoms with Crippen molar-refractivity contribution < 1.29 is 29.6 Å². The second kappa shape index (κ2) is 24.9. The molecule has 9 N–H and O–H groups in total. The van der Waals surface area contributed by atoms with Gasteiger partial charge in [-0.2, -0.15) is 0 Å². The number of hydrogen-bond acceptors (Lipinski definition) is 11. The van der Waals surface area contributed by atoms with E-state index in [0.29, 0.717) is 71.8 Å². The molecule has 3 aromatic rings. The van der Waals surface area contributed by atoms with Gasteiger partial charge in [-0.25, -0.2) is 0 Å². The van der Waals surface area contributed by atoms with Crippen LogP contribution in [0, 0.1) is 34.5 Å². The van der Waals surface area contributed by atoms with E-state index in [1.165, 1.54) is 68.4 Å². The number of aliphatic hydroxyl groups excluding tert-OH is 2. The van der Waals surface area contributed by atoms with E-state index in [-0.39, 0.29) is 46.5 Å². The molecule has 0 aromatic heterocycles. The van der Waals surface area contributed by atoms with Crippen molar-refractivity contribution in [2.45, 2.75) is 147 Å². The number of nitrogens with two attached hydrogens (primary N) is 1. The van der Waals surface area contributed by atoms with E-state index in [0.717, 1.165) is 88.6 Å². The molecule has 0 bridgehead atoms. The highest BCUT2D eigenvalue weighted by atomic mass is 16.5. The molecule has 1 spiro atoms. The first-order valence-electron chi connectivity index (χ1n) is 28.2. The maximum Gasteiger partial charge on any atom is 0.163 e. The third kappa shape index (κ3) is 13.2. The molecular weight excluding hydrogens is 923 g/mol. The largest absolute Gasteiger partial charge is 0.504 e. The minimum absolute atomic E-state index is 0.0429. The van der Waals surface area contributed by atoms with Crippen LogP contribution in [0.2, 0.25) is 0 Å². The zero-order valence-corrected chi connectivity index (χ0v) is 44.3. The summed E-state index contributed by atoms with van der Waals surface area (Å²) >= 11 is 0. The number of nitrogens with one attached hydrogen (secondary N) is 4. The van der Waals surface area contributed by atoms with Gasteiger partial charge in [0.1, 0.15) is 5.78 Å². The molecule has 9 rings (SSSR count). The van der Waals surface area contributed by atoms with Crippen molar-refractivity contribution in [2.24, 2.45) is 40.2 Å². The molecule has 3 aromatic carbocycles. The number of carbonyl (C=O) groups excluding carboxylic acids is 2. The summed E-state index contributed by atoms with van der Waals surface area (Å²) in [6.07, 6.45) is 25.9. The fourth-order valence-corrected chi connectivity index (χ4v) is 14.9. The van der Waals surface area contributed by atoms with Crippen LogP contribution >= 0.6 is 0 Å². The van der Waals surface area contributed by atoms with Crippen LogP contribution in [0.25, 0.3) is 5.57 Å². The summed E-state index contributed by atoms with van der Waals surface area (Å²) < 4.78 is 5.55. The van der Waals surface area contributed by atoms with Crippen molar-refractivity contribution in [1.82, 2.24) is 21.3 Å². The molecule has 0 amide bonds. The normalized spacial score (nSPS) is 27.7. The number of dihydropyridines is 1. The number of aryl methyl sites for hydroxylation is 3. The predicted octanol–water partition coefficient (Wildman–Crippen LogP) is 8.59. The molecule has 3 heterocycles. The third-order valence-electron chi connectivity index (χ3n) is 18.2. The van der Waals surface area contributed by atoms with Gasteiger partial charge in [0, 0.05) is 37.8 Å². The van der Waals surface area contributed by atoms with Gasteiger partial charge in [-0.1, -0.05) is 79.6 Å². The van der Waals surface area contributed by atoms with Gasteiger partial charge in [0.15, 0.2) is 17.3 Å². The molecule has 0 radical (unpaired) electrons. The van der Waals surface area contributed by atoms with Crippen molar-refractivity contribution in [3.63, 3.8) is 0 Å². The van der Waals surface area contributed by atoms with Gasteiger partial charge in [0.2, 0.25) is 0 Å². The van der Waals surface area contributed by atoms with Gasteiger partial charge in [-0.15, -0.1) is 0 Å². The zero-order valence-electron chi connectivity index (χ0n) is 44.3. The number of methoxy groups -OCH3 is 1. The Labute approximate surface area is 441 Å². The molecule has 74 heavy (non-hydrogen) atoms. The van der Waals surface area contributed by atoms with Gasteiger partial charge in [0.25, 0.3) is 0 Å². The minimum Gasteiger partial charge on any atom is -0.504 e. The molecule has 11 heteroatoms. The summed E-state index contributed by atoms with van der Waals surface area (Å²) in [5.41, 5.74) is 14.3. The number of phenols is 1. The van der Waals surface area contributed by atoms with Gasteiger partial charge < -0.3 is 47.1 Å². The van der Waals surface area contributed by atoms with Crippen molar-refractivity contribution in [3.8, 4) is 11.5 Å². The molecule has 9 atom stereocenters. The number of aliphatic hydroxyl groups is 2. The highest BCUT2D eigenvalue weighted by Gasteiger charge is 2.57. The van der Waals surface area contributed by atoms with Crippen molar-refractivity contribution in [1.29, 1.82) is 0 Å². The molecule has 11 nitrogen and oxygen atoms in total. The fraction of sp³-hybridized carbons (Fsp3) is 0.556. The van der Waals surface area contributed by atoms with Crippen LogP contribution in [0.1, 0.15) is 125 Å². The molecule has 4 fully saturated rings. The van der Waals surface area contributed by atoms with Crippen LogP contribution in [0.3, 0.4) is 0 Å². The molecule has 1 saturated heterocycles. The topological polar surface area (TPSA) is 178 Å². The zero-order chi connectivity index (χ0) is 51.7. The summed E-state index contributed by atoms with van der Waals surface area (Å²) in [5, 5.41) is 47.3. The van der Waals surface area contributed by atoms with E-state index in [2.05, 4.69) is 82.0 Å². The first kappa shape index (κ1) is 53.9. The Morgan fingerprint density at radius 2 is 1.76 bits per heavy atom. The number of aromatic hydroxyl groups is 1. The molecule has 3 aliphatic carbocycles. The number of phenolic OH excluding ortho intramolecular Hbond substituents is 1. The number of carbonyl (C=O) groups is 2. The number of hydrogen-bond donors (Lipinski definition) is 8. The van der Waals surface area contributed by atoms with E-state index >= 15 is 0 Å². The lowest BCUT2D eigenvalue weighted by Gasteiger charge is -2.52. The average molecular weight is 1010 g/mol. The number of ketones is 2. The number of allylic oxidation sites excluding steroid dienone is 3. The second-order valence-corrected chi connectivity index (χ2v) is 23.4. The van der Waals surface area contributed by atoms with E-state index in [9.17, 15) is 24.9 Å². The van der Waals surface area contributed by atoms with Gasteiger partial charge >= 0.3 is 0 Å². The average Bonchev–Trinajstić information content (AvgIpc) is 4.00. The molecule has 3 aliphatic heterocycles. The van der Waals surface area contributed by atoms with Crippen molar-refractivity contribution >= 4 is 17.1 Å². The first-order chi connectivity index (χ1) is 35.9. The Morgan fingerprint density at radius 1 is 0.986 bits per heavy atom. The van der Waals surface area contributed by atoms with Crippen molar-refractivity contribution in [3.05, 3.63) is 136 Å². The Morgan fingerprint density at radius 3 is 2.53 bits per heavy atom. The molecular formula is C63H85N5O6. The monoisotopic (exact) mass is 1010 g/mol. The molecule has 3 saturated carbocycles. The fourth-order valence-electron chi connectivity index (χ4n) is 14.9. The number of rotatable bonds is 23. The molecule has 398 valence electrons. The lowest BCUT2D eigenvalue weighted by atomic mass is 9.57. The Hall–Kier alpha value is -4.88.